The highest BCUT2D eigenvalue weighted by Gasteiger charge is 2.11. The lowest BCUT2D eigenvalue weighted by Crippen LogP contribution is -2.34. The molecule has 1 atom stereocenters. The van der Waals surface area contributed by atoms with Crippen molar-refractivity contribution in [3.8, 4) is 5.75 Å². The van der Waals surface area contributed by atoms with E-state index in [1.165, 1.54) is 0 Å². The van der Waals surface area contributed by atoms with E-state index in [2.05, 4.69) is 21.2 Å². The van der Waals surface area contributed by atoms with Gasteiger partial charge in [0.1, 0.15) is 5.75 Å². The van der Waals surface area contributed by atoms with Gasteiger partial charge in [-0.1, -0.05) is 22.0 Å². The smallest absolute Gasteiger partial charge is 0.258 e. The van der Waals surface area contributed by atoms with Crippen LogP contribution in [0.3, 0.4) is 0 Å². The summed E-state index contributed by atoms with van der Waals surface area (Å²) in [6, 6.07) is 5.59. The summed E-state index contributed by atoms with van der Waals surface area (Å²) in [6.07, 6.45) is 0. The Balaban J connectivity index is 2.71. The van der Waals surface area contributed by atoms with Crippen molar-refractivity contribution >= 4 is 21.8 Å². The predicted molar refractivity (Wildman–Crippen MR) is 75.5 cm³/mol. The van der Waals surface area contributed by atoms with Crippen LogP contribution in [0.4, 0.5) is 0 Å². The van der Waals surface area contributed by atoms with E-state index in [4.69, 9.17) is 10.5 Å². The second-order valence-corrected chi connectivity index (χ2v) is 5.40. The molecule has 0 heterocycles. The summed E-state index contributed by atoms with van der Waals surface area (Å²) in [5.74, 6) is 0.499. The molecule has 0 bridgehead atoms. The highest BCUT2D eigenvalue weighted by atomic mass is 79.9. The number of rotatable bonds is 5. The summed E-state index contributed by atoms with van der Waals surface area (Å²) >= 11 is 3.37. The third-order valence-corrected chi connectivity index (χ3v) is 2.77. The van der Waals surface area contributed by atoms with Gasteiger partial charge in [0.05, 0.1) is 0 Å². The molecule has 1 amide bonds. The van der Waals surface area contributed by atoms with E-state index in [0.717, 1.165) is 10.0 Å². The van der Waals surface area contributed by atoms with E-state index in [0.29, 0.717) is 5.75 Å². The average Bonchev–Trinajstić information content (AvgIpc) is 2.25. The second kappa shape index (κ2) is 6.75. The van der Waals surface area contributed by atoms with E-state index in [1.807, 2.05) is 39.0 Å². The number of amides is 1. The van der Waals surface area contributed by atoms with Crippen LogP contribution < -0.4 is 15.8 Å². The Hall–Kier alpha value is -1.07. The standard InChI is InChI=1S/C13H19BrN2O2/c1-8(2)16-13(17)7-18-12-6-10(14)4-5-11(12)9(3)15/h4-6,8-9H,7,15H2,1-3H3,(H,16,17)/t9-/m1/s1. The monoisotopic (exact) mass is 314 g/mol. The van der Waals surface area contributed by atoms with E-state index in [-0.39, 0.29) is 24.6 Å². The van der Waals surface area contributed by atoms with Crippen molar-refractivity contribution in [2.75, 3.05) is 6.61 Å². The molecule has 3 N–H and O–H groups in total. The van der Waals surface area contributed by atoms with Crippen molar-refractivity contribution in [3.63, 3.8) is 0 Å². The molecule has 1 aromatic carbocycles. The van der Waals surface area contributed by atoms with Crippen molar-refractivity contribution < 1.29 is 9.53 Å². The normalized spacial score (nSPS) is 12.3. The van der Waals surface area contributed by atoms with Crippen molar-refractivity contribution in [1.82, 2.24) is 5.32 Å². The van der Waals surface area contributed by atoms with Crippen LogP contribution in [0.2, 0.25) is 0 Å². The highest BCUT2D eigenvalue weighted by molar-refractivity contribution is 9.10. The molecule has 0 aromatic heterocycles. The summed E-state index contributed by atoms with van der Waals surface area (Å²) in [6.45, 7) is 5.69. The molecule has 0 aliphatic heterocycles. The molecule has 100 valence electrons. The maximum Gasteiger partial charge on any atom is 0.258 e. The predicted octanol–water partition coefficient (Wildman–Crippen LogP) is 2.37. The van der Waals surface area contributed by atoms with Gasteiger partial charge in [-0.25, -0.2) is 0 Å². The molecule has 5 heteroatoms. The first-order chi connectivity index (χ1) is 8.40. The van der Waals surface area contributed by atoms with Gasteiger partial charge in [-0.2, -0.15) is 0 Å². The molecule has 18 heavy (non-hydrogen) atoms. The molecule has 0 saturated carbocycles. The van der Waals surface area contributed by atoms with Gasteiger partial charge in [0.2, 0.25) is 0 Å². The number of ether oxygens (including phenoxy) is 1. The van der Waals surface area contributed by atoms with Crippen LogP contribution in [0.1, 0.15) is 32.4 Å². The SMILES string of the molecule is CC(C)NC(=O)COc1cc(Br)ccc1[C@@H](C)N. The number of hydrogen-bond acceptors (Lipinski definition) is 3. The summed E-state index contributed by atoms with van der Waals surface area (Å²) < 4.78 is 6.41. The lowest BCUT2D eigenvalue weighted by molar-refractivity contribution is -0.123. The molecule has 1 aromatic rings. The van der Waals surface area contributed by atoms with Gasteiger partial charge in [0, 0.05) is 22.1 Å². The molecule has 4 nitrogen and oxygen atoms in total. The van der Waals surface area contributed by atoms with Crippen LogP contribution in [0.5, 0.6) is 5.75 Å². The van der Waals surface area contributed by atoms with Crippen LogP contribution in [-0.2, 0) is 4.79 Å². The number of carbonyl (C=O) groups is 1. The first-order valence-corrected chi connectivity index (χ1v) is 6.66. The topological polar surface area (TPSA) is 64.3 Å². The van der Waals surface area contributed by atoms with Gasteiger partial charge in [-0.15, -0.1) is 0 Å². The third-order valence-electron chi connectivity index (χ3n) is 2.27. The second-order valence-electron chi connectivity index (χ2n) is 4.48. The van der Waals surface area contributed by atoms with E-state index >= 15 is 0 Å². The van der Waals surface area contributed by atoms with Crippen LogP contribution in [0.15, 0.2) is 22.7 Å². The summed E-state index contributed by atoms with van der Waals surface area (Å²) in [5.41, 5.74) is 6.74. The number of carbonyl (C=O) groups excluding carboxylic acids is 1. The quantitative estimate of drug-likeness (QED) is 0.877. The summed E-state index contributed by atoms with van der Waals surface area (Å²) in [7, 11) is 0. The summed E-state index contributed by atoms with van der Waals surface area (Å²) in [5, 5.41) is 2.77. The maximum atomic E-state index is 11.5. The minimum atomic E-state index is -0.138. The van der Waals surface area contributed by atoms with Crippen molar-refractivity contribution in [1.29, 1.82) is 0 Å². The van der Waals surface area contributed by atoms with E-state index in [1.54, 1.807) is 0 Å². The Morgan fingerprint density at radius 3 is 2.67 bits per heavy atom. The molecular formula is C13H19BrN2O2. The summed E-state index contributed by atoms with van der Waals surface area (Å²) in [4.78, 5) is 11.5. The lowest BCUT2D eigenvalue weighted by atomic mass is 10.1. The number of nitrogens with one attached hydrogen (secondary N) is 1. The zero-order valence-electron chi connectivity index (χ0n) is 10.9. The number of benzene rings is 1. The molecule has 0 unspecified atom stereocenters. The van der Waals surface area contributed by atoms with Crippen LogP contribution in [0.25, 0.3) is 0 Å². The molecule has 0 saturated heterocycles. The van der Waals surface area contributed by atoms with Crippen molar-refractivity contribution in [2.24, 2.45) is 5.73 Å². The molecule has 0 fully saturated rings. The number of nitrogens with two attached hydrogens (primary N) is 1. The van der Waals surface area contributed by atoms with Crippen LogP contribution in [-0.4, -0.2) is 18.6 Å². The minimum Gasteiger partial charge on any atom is -0.483 e. The Morgan fingerprint density at radius 2 is 2.11 bits per heavy atom. The lowest BCUT2D eigenvalue weighted by Gasteiger charge is -2.15. The van der Waals surface area contributed by atoms with Gasteiger partial charge in [0.15, 0.2) is 6.61 Å². The first-order valence-electron chi connectivity index (χ1n) is 5.87. The third kappa shape index (κ3) is 4.66. The molecule has 0 spiro atoms. The maximum absolute atomic E-state index is 11.5. The molecule has 0 radical (unpaired) electrons. The highest BCUT2D eigenvalue weighted by Crippen LogP contribution is 2.27. The van der Waals surface area contributed by atoms with E-state index < -0.39 is 0 Å². The van der Waals surface area contributed by atoms with Gasteiger partial charge < -0.3 is 15.8 Å². The Kier molecular flexibility index (Phi) is 5.62. The minimum absolute atomic E-state index is 0.00560. The zero-order chi connectivity index (χ0) is 13.7. The van der Waals surface area contributed by atoms with Gasteiger partial charge in [0.25, 0.3) is 5.91 Å². The number of halogens is 1. The zero-order valence-corrected chi connectivity index (χ0v) is 12.5. The first kappa shape index (κ1) is 15.0. The average molecular weight is 315 g/mol. The van der Waals surface area contributed by atoms with Gasteiger partial charge in [-0.05, 0) is 32.9 Å². The fourth-order valence-corrected chi connectivity index (χ4v) is 1.86. The number of hydrogen-bond donors (Lipinski definition) is 2. The molecule has 0 aliphatic carbocycles. The Morgan fingerprint density at radius 1 is 1.44 bits per heavy atom. The molecular weight excluding hydrogens is 296 g/mol. The van der Waals surface area contributed by atoms with Gasteiger partial charge >= 0.3 is 0 Å². The molecule has 0 aliphatic rings. The Bertz CT molecular complexity index is 419. The van der Waals surface area contributed by atoms with Gasteiger partial charge in [-0.3, -0.25) is 4.79 Å². The fraction of sp³-hybridized carbons (Fsp3) is 0.462. The van der Waals surface area contributed by atoms with Crippen LogP contribution in [0, 0.1) is 0 Å². The Labute approximate surface area is 116 Å². The fourth-order valence-electron chi connectivity index (χ4n) is 1.52. The van der Waals surface area contributed by atoms with Crippen molar-refractivity contribution in [2.45, 2.75) is 32.9 Å². The van der Waals surface area contributed by atoms with Crippen LogP contribution >= 0.6 is 15.9 Å². The largest absolute Gasteiger partial charge is 0.483 e. The van der Waals surface area contributed by atoms with E-state index in [9.17, 15) is 4.79 Å². The van der Waals surface area contributed by atoms with Crippen molar-refractivity contribution in [3.05, 3.63) is 28.2 Å². The molecule has 1 rings (SSSR count).